The molecule has 0 aromatic heterocycles. The van der Waals surface area contributed by atoms with Crippen LogP contribution in [0, 0.1) is 6.92 Å². The first kappa shape index (κ1) is 27.0. The third-order valence-corrected chi connectivity index (χ3v) is 22.1. The smallest absolute Gasteiger partial charge is 0.412 e. The molecule has 0 fully saturated rings. The molecule has 0 unspecified atom stereocenters. The van der Waals surface area contributed by atoms with Crippen molar-refractivity contribution in [2.75, 3.05) is 0 Å². The minimum absolute atomic E-state index is 0.711. The number of hydrogen-bond donors (Lipinski definition) is 0. The molecule has 181 valence electrons. The van der Waals surface area contributed by atoms with Crippen LogP contribution >= 0.6 is 0 Å². The van der Waals surface area contributed by atoms with E-state index in [0.717, 1.165) is 0 Å². The molecule has 0 N–H and O–H groups in total. The molecule has 34 heavy (non-hydrogen) atoms. The Morgan fingerprint density at radius 1 is 0.500 bits per heavy atom. The summed E-state index contributed by atoms with van der Waals surface area (Å²) in [4.78, 5) is 0. The van der Waals surface area contributed by atoms with Crippen molar-refractivity contribution in [3.05, 3.63) is 97.9 Å². The maximum Gasteiger partial charge on any atom is 0.470 e. The van der Waals surface area contributed by atoms with Gasteiger partial charge in [-0.05, 0) is 61.3 Å². The van der Waals surface area contributed by atoms with E-state index in [1.165, 1.54) is 15.6 Å². The highest BCUT2D eigenvalue weighted by Crippen LogP contribution is 2.30. The van der Waals surface area contributed by atoms with Crippen LogP contribution in [-0.4, -0.2) is 33.8 Å². The predicted octanol–water partition coefficient (Wildman–Crippen LogP) is 5.54. The van der Waals surface area contributed by atoms with Gasteiger partial charge in [0.15, 0.2) is 0 Å². The molecule has 3 nitrogen and oxygen atoms in total. The molecule has 0 heterocycles. The Morgan fingerprint density at radius 2 is 0.765 bits per heavy atom. The topological polar surface area (TPSA) is 27.7 Å². The summed E-state index contributed by atoms with van der Waals surface area (Å²) >= 11 is 0. The first-order valence-electron chi connectivity index (χ1n) is 12.1. The normalized spacial score (nSPS) is 13.1. The van der Waals surface area contributed by atoms with Crippen LogP contribution in [0.1, 0.15) is 6.42 Å². The molecule has 3 rings (SSSR count). The number of rotatable bonds is 11. The highest BCUT2D eigenvalue weighted by atomic mass is 28.5. The molecule has 0 atom stereocenters. The van der Waals surface area contributed by atoms with Gasteiger partial charge in [-0.2, -0.15) is 0 Å². The van der Waals surface area contributed by atoms with E-state index in [1.54, 1.807) is 0 Å². The number of hydrogen-bond acceptors (Lipinski definition) is 3. The summed E-state index contributed by atoms with van der Waals surface area (Å²) in [5.41, 5.74) is 0. The standard InChI is InChI=1S/C27H39O3Si4/c1-8-24-34(28-31(2,3)25-18-12-9-13-19-25,29-32(4,5)26-20-14-10-15-21-26)30-33(6,7)27-22-16-11-17-23-27/h9-23H,1,8,24H2,2-7H3. The van der Waals surface area contributed by atoms with Crippen molar-refractivity contribution in [2.45, 2.75) is 51.7 Å². The summed E-state index contributed by atoms with van der Waals surface area (Å²) in [5.74, 6) is 0. The molecule has 0 saturated heterocycles. The number of benzene rings is 3. The maximum absolute atomic E-state index is 7.23. The zero-order valence-corrected chi connectivity index (χ0v) is 25.5. The first-order chi connectivity index (χ1) is 16.0. The van der Waals surface area contributed by atoms with Gasteiger partial charge in [-0.3, -0.25) is 0 Å². The van der Waals surface area contributed by atoms with E-state index in [4.69, 9.17) is 12.3 Å². The van der Waals surface area contributed by atoms with Gasteiger partial charge in [0.25, 0.3) is 0 Å². The Labute approximate surface area is 210 Å². The van der Waals surface area contributed by atoms with Crippen molar-refractivity contribution in [2.24, 2.45) is 0 Å². The van der Waals surface area contributed by atoms with Crippen LogP contribution in [0.15, 0.2) is 91.0 Å². The molecule has 0 aliphatic rings. The third kappa shape index (κ3) is 6.75. The molecule has 0 aliphatic heterocycles. The van der Waals surface area contributed by atoms with Gasteiger partial charge in [0, 0.05) is 6.04 Å². The largest absolute Gasteiger partial charge is 0.470 e. The molecule has 3 aromatic rings. The quantitative estimate of drug-likeness (QED) is 0.309. The Balaban J connectivity index is 2.07. The van der Waals surface area contributed by atoms with Gasteiger partial charge in [0.1, 0.15) is 0 Å². The van der Waals surface area contributed by atoms with E-state index < -0.39 is 33.8 Å². The summed E-state index contributed by atoms with van der Waals surface area (Å²) < 4.78 is 21.7. The van der Waals surface area contributed by atoms with Crippen molar-refractivity contribution in [1.29, 1.82) is 0 Å². The van der Waals surface area contributed by atoms with Crippen LogP contribution in [0.25, 0.3) is 0 Å². The van der Waals surface area contributed by atoms with Crippen LogP contribution in [0.5, 0.6) is 0 Å². The average Bonchev–Trinajstić information content (AvgIpc) is 2.80. The van der Waals surface area contributed by atoms with Gasteiger partial charge in [-0.25, -0.2) is 0 Å². The third-order valence-electron chi connectivity index (χ3n) is 6.12. The minimum atomic E-state index is -3.13. The lowest BCUT2D eigenvalue weighted by Gasteiger charge is -2.45. The molecule has 7 heteroatoms. The van der Waals surface area contributed by atoms with Crippen LogP contribution in [-0.2, 0) is 12.3 Å². The Hall–Kier alpha value is -1.59. The highest BCUT2D eigenvalue weighted by molar-refractivity contribution is 6.98. The second kappa shape index (κ2) is 11.0. The fourth-order valence-corrected chi connectivity index (χ4v) is 21.3. The van der Waals surface area contributed by atoms with Gasteiger partial charge in [0.05, 0.1) is 0 Å². The Bertz CT molecular complexity index is 896. The van der Waals surface area contributed by atoms with Crippen LogP contribution in [0.4, 0.5) is 0 Å². The van der Waals surface area contributed by atoms with Crippen LogP contribution in [0.2, 0.25) is 45.3 Å². The maximum atomic E-state index is 7.23. The zero-order valence-electron chi connectivity index (χ0n) is 21.5. The summed E-state index contributed by atoms with van der Waals surface area (Å²) in [5, 5.41) is 3.75. The van der Waals surface area contributed by atoms with E-state index >= 15 is 0 Å². The van der Waals surface area contributed by atoms with Crippen molar-refractivity contribution < 1.29 is 12.3 Å². The molecule has 3 aromatic carbocycles. The van der Waals surface area contributed by atoms with Crippen LogP contribution in [0.3, 0.4) is 0 Å². The van der Waals surface area contributed by atoms with Gasteiger partial charge in [-0.15, -0.1) is 0 Å². The average molecular weight is 524 g/mol. The Kier molecular flexibility index (Phi) is 8.73. The van der Waals surface area contributed by atoms with Gasteiger partial charge in [0.2, 0.25) is 25.0 Å². The molecule has 0 amide bonds. The molecule has 0 aliphatic carbocycles. The van der Waals surface area contributed by atoms with Crippen molar-refractivity contribution in [3.8, 4) is 0 Å². The van der Waals surface area contributed by atoms with Crippen LogP contribution < -0.4 is 15.6 Å². The Morgan fingerprint density at radius 3 is 1.00 bits per heavy atom. The molecular formula is C27H39O3Si4. The van der Waals surface area contributed by atoms with Gasteiger partial charge in [-0.1, -0.05) is 97.9 Å². The lowest BCUT2D eigenvalue weighted by Crippen LogP contribution is -2.67. The fraction of sp³-hybridized carbons (Fsp3) is 0.296. The molecule has 0 spiro atoms. The van der Waals surface area contributed by atoms with Crippen molar-refractivity contribution >= 4 is 49.3 Å². The summed E-state index contributed by atoms with van der Waals surface area (Å²) in [7, 11) is -10.1. The van der Waals surface area contributed by atoms with E-state index in [2.05, 4.69) is 137 Å². The molecule has 0 saturated carbocycles. The summed E-state index contributed by atoms with van der Waals surface area (Å²) in [6, 6.07) is 32.5. The lowest BCUT2D eigenvalue weighted by atomic mass is 10.4. The van der Waals surface area contributed by atoms with Gasteiger partial charge >= 0.3 is 8.80 Å². The lowest BCUT2D eigenvalue weighted by molar-refractivity contribution is 0.256. The second-order valence-electron chi connectivity index (χ2n) is 10.2. The SMILES string of the molecule is [CH2]CC[Si](O[Si](C)(C)c1ccccc1)(O[Si](C)(C)c1ccccc1)O[Si](C)(C)c1ccccc1. The predicted molar refractivity (Wildman–Crippen MR) is 154 cm³/mol. The first-order valence-corrected chi connectivity index (χ1v) is 22.7. The van der Waals surface area contributed by atoms with Gasteiger partial charge < -0.3 is 12.3 Å². The summed E-state index contributed by atoms with van der Waals surface area (Å²) in [6.07, 6.45) is 0.712. The highest BCUT2D eigenvalue weighted by Gasteiger charge is 2.53. The van der Waals surface area contributed by atoms with E-state index in [-0.39, 0.29) is 0 Å². The van der Waals surface area contributed by atoms with E-state index in [0.29, 0.717) is 12.5 Å². The summed E-state index contributed by atoms with van der Waals surface area (Å²) in [6.45, 7) is 17.8. The van der Waals surface area contributed by atoms with E-state index in [1.807, 2.05) is 0 Å². The zero-order chi connectivity index (χ0) is 24.9. The monoisotopic (exact) mass is 523 g/mol. The molecule has 1 radical (unpaired) electrons. The minimum Gasteiger partial charge on any atom is -0.412 e. The molecular weight excluding hydrogens is 485 g/mol. The molecule has 0 bridgehead atoms. The van der Waals surface area contributed by atoms with E-state index in [9.17, 15) is 0 Å². The fourth-order valence-electron chi connectivity index (χ4n) is 4.29. The second-order valence-corrected chi connectivity index (χ2v) is 25.3. The van der Waals surface area contributed by atoms with Crippen molar-refractivity contribution in [1.82, 2.24) is 0 Å². The van der Waals surface area contributed by atoms with Crippen molar-refractivity contribution in [3.63, 3.8) is 0 Å².